The number of likely N-dealkylation sites (N-methyl/N-ethyl adjacent to an activating group) is 2. The zero-order valence-corrected chi connectivity index (χ0v) is 11.0. The molecule has 0 aliphatic rings. The van der Waals surface area contributed by atoms with Gasteiger partial charge in [0.25, 0.3) is 0 Å². The standard InChI is InChI=1S/C9H23N3O2S/c1-10-6-5-9-15(13,14)12(4)8-7-11(2)3/h10H,5-9H2,1-4H3. The maximum absolute atomic E-state index is 11.7. The molecule has 15 heavy (non-hydrogen) atoms. The molecule has 0 heterocycles. The highest BCUT2D eigenvalue weighted by atomic mass is 32.2. The third kappa shape index (κ3) is 6.83. The van der Waals surface area contributed by atoms with Crippen LogP contribution in [0.25, 0.3) is 0 Å². The van der Waals surface area contributed by atoms with E-state index in [-0.39, 0.29) is 5.75 Å². The summed E-state index contributed by atoms with van der Waals surface area (Å²) >= 11 is 0. The number of nitrogens with zero attached hydrogens (tertiary/aromatic N) is 2. The molecule has 0 aromatic rings. The number of nitrogens with one attached hydrogen (secondary N) is 1. The fourth-order valence-electron chi connectivity index (χ4n) is 1.07. The molecular formula is C9H23N3O2S. The topological polar surface area (TPSA) is 52.7 Å². The van der Waals surface area contributed by atoms with Crippen LogP contribution in [0.5, 0.6) is 0 Å². The van der Waals surface area contributed by atoms with Gasteiger partial charge in [-0.2, -0.15) is 0 Å². The van der Waals surface area contributed by atoms with Crippen LogP contribution >= 0.6 is 0 Å². The minimum atomic E-state index is -3.06. The Hall–Kier alpha value is -0.170. The zero-order chi connectivity index (χ0) is 11.9. The van der Waals surface area contributed by atoms with Crippen molar-refractivity contribution in [2.45, 2.75) is 6.42 Å². The second-order valence-electron chi connectivity index (χ2n) is 3.90. The third-order valence-corrected chi connectivity index (χ3v) is 4.10. The van der Waals surface area contributed by atoms with E-state index in [9.17, 15) is 8.42 Å². The van der Waals surface area contributed by atoms with Gasteiger partial charge in [0, 0.05) is 20.1 Å². The first-order valence-corrected chi connectivity index (χ1v) is 6.74. The van der Waals surface area contributed by atoms with Gasteiger partial charge < -0.3 is 10.2 Å². The molecule has 0 aromatic heterocycles. The number of hydrogen-bond donors (Lipinski definition) is 1. The molecule has 0 saturated carbocycles. The Balaban J connectivity index is 3.97. The summed E-state index contributed by atoms with van der Waals surface area (Å²) in [5.41, 5.74) is 0. The maximum atomic E-state index is 11.7. The van der Waals surface area contributed by atoms with Crippen molar-refractivity contribution in [2.24, 2.45) is 0 Å². The first-order chi connectivity index (χ1) is 6.90. The summed E-state index contributed by atoms with van der Waals surface area (Å²) < 4.78 is 24.8. The van der Waals surface area contributed by atoms with Gasteiger partial charge in [-0.3, -0.25) is 0 Å². The van der Waals surface area contributed by atoms with E-state index in [1.165, 1.54) is 4.31 Å². The van der Waals surface area contributed by atoms with Crippen molar-refractivity contribution in [3.63, 3.8) is 0 Å². The fourth-order valence-corrected chi connectivity index (χ4v) is 2.25. The van der Waals surface area contributed by atoms with Crippen LogP contribution in [-0.2, 0) is 10.0 Å². The fraction of sp³-hybridized carbons (Fsp3) is 1.00. The SMILES string of the molecule is CNCCCS(=O)(=O)N(C)CCN(C)C. The summed E-state index contributed by atoms with van der Waals surface area (Å²) in [6.07, 6.45) is 0.658. The van der Waals surface area contributed by atoms with Gasteiger partial charge in [0.15, 0.2) is 0 Å². The normalized spacial score (nSPS) is 12.7. The van der Waals surface area contributed by atoms with Gasteiger partial charge in [-0.05, 0) is 34.1 Å². The Bertz CT molecular complexity index is 252. The van der Waals surface area contributed by atoms with E-state index < -0.39 is 10.0 Å². The molecule has 0 amide bonds. The molecule has 0 bridgehead atoms. The molecule has 0 saturated heterocycles. The Morgan fingerprint density at radius 1 is 1.13 bits per heavy atom. The molecule has 0 rings (SSSR count). The molecule has 92 valence electrons. The van der Waals surface area contributed by atoms with E-state index in [4.69, 9.17) is 0 Å². The Morgan fingerprint density at radius 2 is 1.73 bits per heavy atom. The predicted molar refractivity (Wildman–Crippen MR) is 63.5 cm³/mol. The largest absolute Gasteiger partial charge is 0.320 e. The summed E-state index contributed by atoms with van der Waals surface area (Å²) in [4.78, 5) is 1.97. The van der Waals surface area contributed by atoms with Crippen LogP contribution in [0, 0.1) is 0 Å². The maximum Gasteiger partial charge on any atom is 0.213 e. The van der Waals surface area contributed by atoms with Crippen molar-refractivity contribution >= 4 is 10.0 Å². The molecule has 0 unspecified atom stereocenters. The molecule has 0 aromatic carbocycles. The van der Waals surface area contributed by atoms with Crippen LogP contribution < -0.4 is 5.32 Å². The van der Waals surface area contributed by atoms with E-state index in [2.05, 4.69) is 5.32 Å². The van der Waals surface area contributed by atoms with Gasteiger partial charge in [-0.15, -0.1) is 0 Å². The first kappa shape index (κ1) is 14.8. The van der Waals surface area contributed by atoms with Crippen molar-refractivity contribution in [2.75, 3.05) is 53.6 Å². The molecule has 6 heteroatoms. The Morgan fingerprint density at radius 3 is 2.20 bits per heavy atom. The average molecular weight is 237 g/mol. The minimum absolute atomic E-state index is 0.220. The van der Waals surface area contributed by atoms with Crippen molar-refractivity contribution in [3.05, 3.63) is 0 Å². The van der Waals surface area contributed by atoms with Crippen LogP contribution in [0.15, 0.2) is 0 Å². The van der Waals surface area contributed by atoms with Gasteiger partial charge >= 0.3 is 0 Å². The summed E-state index contributed by atoms with van der Waals surface area (Å²) in [6, 6.07) is 0. The smallest absolute Gasteiger partial charge is 0.213 e. The number of sulfonamides is 1. The molecule has 0 fully saturated rings. The molecule has 0 aliphatic carbocycles. The Kier molecular flexibility index (Phi) is 7.08. The summed E-state index contributed by atoms with van der Waals surface area (Å²) in [5.74, 6) is 0.220. The van der Waals surface area contributed by atoms with Crippen molar-refractivity contribution in [1.82, 2.24) is 14.5 Å². The van der Waals surface area contributed by atoms with Crippen LogP contribution in [0.4, 0.5) is 0 Å². The highest BCUT2D eigenvalue weighted by Gasteiger charge is 2.16. The van der Waals surface area contributed by atoms with E-state index in [0.29, 0.717) is 13.0 Å². The Labute approximate surface area is 93.5 Å². The van der Waals surface area contributed by atoms with Crippen LogP contribution in [-0.4, -0.2) is 71.2 Å². The zero-order valence-electron chi connectivity index (χ0n) is 10.2. The second-order valence-corrected chi connectivity index (χ2v) is 6.09. The van der Waals surface area contributed by atoms with Crippen molar-refractivity contribution < 1.29 is 8.42 Å². The molecule has 0 spiro atoms. The lowest BCUT2D eigenvalue weighted by Crippen LogP contribution is -2.35. The lowest BCUT2D eigenvalue weighted by molar-refractivity contribution is 0.358. The lowest BCUT2D eigenvalue weighted by atomic mass is 10.5. The molecule has 5 nitrogen and oxygen atoms in total. The molecule has 0 aliphatic heterocycles. The van der Waals surface area contributed by atoms with Gasteiger partial charge in [0.1, 0.15) is 0 Å². The summed E-state index contributed by atoms with van der Waals surface area (Å²) in [7, 11) is 4.26. The molecule has 0 atom stereocenters. The average Bonchev–Trinajstić information content (AvgIpc) is 2.14. The minimum Gasteiger partial charge on any atom is -0.320 e. The number of hydrogen-bond acceptors (Lipinski definition) is 4. The molecule has 0 radical (unpaired) electrons. The van der Waals surface area contributed by atoms with Gasteiger partial charge in [0.05, 0.1) is 5.75 Å². The lowest BCUT2D eigenvalue weighted by Gasteiger charge is -2.19. The third-order valence-electron chi connectivity index (χ3n) is 2.17. The van der Waals surface area contributed by atoms with Crippen LogP contribution in [0.2, 0.25) is 0 Å². The van der Waals surface area contributed by atoms with Gasteiger partial charge in [0.2, 0.25) is 10.0 Å². The summed E-state index contributed by atoms with van der Waals surface area (Å²) in [5, 5.41) is 2.94. The highest BCUT2D eigenvalue weighted by Crippen LogP contribution is 1.99. The monoisotopic (exact) mass is 237 g/mol. The van der Waals surface area contributed by atoms with E-state index in [0.717, 1.165) is 13.1 Å². The highest BCUT2D eigenvalue weighted by molar-refractivity contribution is 7.89. The van der Waals surface area contributed by atoms with Crippen LogP contribution in [0.3, 0.4) is 0 Å². The van der Waals surface area contributed by atoms with Crippen LogP contribution in [0.1, 0.15) is 6.42 Å². The first-order valence-electron chi connectivity index (χ1n) is 5.13. The van der Waals surface area contributed by atoms with Gasteiger partial charge in [-0.25, -0.2) is 12.7 Å². The van der Waals surface area contributed by atoms with Crippen molar-refractivity contribution in [3.8, 4) is 0 Å². The molecule has 1 N–H and O–H groups in total. The van der Waals surface area contributed by atoms with Gasteiger partial charge in [-0.1, -0.05) is 0 Å². The predicted octanol–water partition coefficient (Wildman–Crippen LogP) is -0.581. The summed E-state index contributed by atoms with van der Waals surface area (Å²) in [6.45, 7) is 2.04. The molecular weight excluding hydrogens is 214 g/mol. The number of rotatable bonds is 8. The second kappa shape index (κ2) is 7.16. The van der Waals surface area contributed by atoms with E-state index in [1.54, 1.807) is 7.05 Å². The van der Waals surface area contributed by atoms with E-state index >= 15 is 0 Å². The van der Waals surface area contributed by atoms with Crippen molar-refractivity contribution in [1.29, 1.82) is 0 Å². The van der Waals surface area contributed by atoms with E-state index in [1.807, 2.05) is 26.0 Å². The quantitative estimate of drug-likeness (QED) is 0.574.